The van der Waals surface area contributed by atoms with Crippen LogP contribution in [0.15, 0.2) is 48.5 Å². The molecule has 1 saturated heterocycles. The Morgan fingerprint density at radius 2 is 1.84 bits per heavy atom. The van der Waals surface area contributed by atoms with Gasteiger partial charge in [0, 0.05) is 37.4 Å². The Balaban J connectivity index is 1.33. The second kappa shape index (κ2) is 7.97. The number of nitrogens with zero attached hydrogens (tertiary/aromatic N) is 8. The van der Waals surface area contributed by atoms with Gasteiger partial charge in [-0.25, -0.2) is 4.98 Å². The van der Waals surface area contributed by atoms with Crippen LogP contribution in [0.25, 0.3) is 16.7 Å². The van der Waals surface area contributed by atoms with Crippen LogP contribution >= 0.6 is 0 Å². The molecule has 154 valence electrons. The van der Waals surface area contributed by atoms with Crippen LogP contribution in [-0.2, 0) is 0 Å². The van der Waals surface area contributed by atoms with Gasteiger partial charge in [0.2, 0.25) is 5.65 Å². The number of tetrazole rings is 1. The molecule has 10 heteroatoms. The highest BCUT2D eigenvalue weighted by atomic mass is 16.2. The summed E-state index contributed by atoms with van der Waals surface area (Å²) in [5, 5.41) is 24.0. The molecule has 1 aliphatic heterocycles. The first kappa shape index (κ1) is 18.9. The third kappa shape index (κ3) is 3.62. The summed E-state index contributed by atoms with van der Waals surface area (Å²) in [6.07, 6.45) is 0. The van der Waals surface area contributed by atoms with Gasteiger partial charge in [0.25, 0.3) is 5.91 Å². The molecule has 0 radical (unpaired) electrons. The van der Waals surface area contributed by atoms with E-state index in [9.17, 15) is 4.79 Å². The van der Waals surface area contributed by atoms with Crippen LogP contribution in [0.1, 0.15) is 10.4 Å². The molecule has 1 aliphatic rings. The minimum atomic E-state index is -0.00367. The Hall–Kier alpha value is -4.10. The van der Waals surface area contributed by atoms with Crippen molar-refractivity contribution >= 4 is 34.1 Å². The van der Waals surface area contributed by atoms with E-state index in [1.54, 1.807) is 16.6 Å². The summed E-state index contributed by atoms with van der Waals surface area (Å²) in [6.45, 7) is 3.09. The first-order valence-electron chi connectivity index (χ1n) is 9.95. The lowest BCUT2D eigenvalue weighted by molar-refractivity contribution is 0.0652. The number of nitriles is 1. The number of hydrogen-bond acceptors (Lipinski definition) is 8. The predicted octanol–water partition coefficient (Wildman–Crippen LogP) is 1.70. The average Bonchev–Trinajstić information content (AvgIpc) is 3.31. The third-order valence-electron chi connectivity index (χ3n) is 5.37. The molecule has 31 heavy (non-hydrogen) atoms. The lowest BCUT2D eigenvalue weighted by atomic mass is 10.1. The molecule has 5 rings (SSSR count). The van der Waals surface area contributed by atoms with Crippen molar-refractivity contribution in [1.82, 2.24) is 34.8 Å². The number of anilines is 2. The first-order valence-corrected chi connectivity index (χ1v) is 9.95. The van der Waals surface area contributed by atoms with Gasteiger partial charge in [-0.1, -0.05) is 12.1 Å². The number of carbonyl (C=O) groups is 1. The first-order chi connectivity index (χ1) is 15.2. The Kier molecular flexibility index (Phi) is 4.86. The topological polar surface area (TPSA) is 115 Å². The van der Waals surface area contributed by atoms with Crippen molar-refractivity contribution in [2.75, 3.05) is 38.0 Å². The van der Waals surface area contributed by atoms with Crippen LogP contribution in [-0.4, -0.2) is 73.5 Å². The minimum Gasteiger partial charge on any atom is -0.337 e. The highest BCUT2D eigenvalue weighted by Crippen LogP contribution is 2.23. The van der Waals surface area contributed by atoms with Gasteiger partial charge in [-0.3, -0.25) is 9.69 Å². The number of nitrogens with one attached hydrogen (secondary N) is 1. The number of aromatic nitrogens is 5. The van der Waals surface area contributed by atoms with Crippen LogP contribution in [0.5, 0.6) is 0 Å². The average molecular weight is 413 g/mol. The Labute approximate surface area is 177 Å². The number of fused-ring (bicyclic) bond motifs is 3. The van der Waals surface area contributed by atoms with Crippen LogP contribution in [0.3, 0.4) is 0 Å². The SMILES string of the molecule is N#CCN1CCN(C(=O)c2ccc(Nc3nc4ccccc4n4nnnc34)cc2)CC1. The fourth-order valence-electron chi connectivity index (χ4n) is 3.71. The molecule has 1 fully saturated rings. The van der Waals surface area contributed by atoms with E-state index in [1.807, 2.05) is 46.2 Å². The van der Waals surface area contributed by atoms with E-state index in [0.717, 1.165) is 29.8 Å². The molecule has 0 spiro atoms. The van der Waals surface area contributed by atoms with Crippen molar-refractivity contribution in [2.24, 2.45) is 0 Å². The number of hydrogen-bond donors (Lipinski definition) is 1. The van der Waals surface area contributed by atoms with Crippen molar-refractivity contribution in [1.29, 1.82) is 5.26 Å². The van der Waals surface area contributed by atoms with Crippen molar-refractivity contribution in [3.8, 4) is 6.07 Å². The third-order valence-corrected chi connectivity index (χ3v) is 5.37. The van der Waals surface area contributed by atoms with E-state index in [-0.39, 0.29) is 5.91 Å². The second-order valence-electron chi connectivity index (χ2n) is 7.29. The van der Waals surface area contributed by atoms with Gasteiger partial charge in [-0.2, -0.15) is 9.78 Å². The number of rotatable bonds is 4. The maximum atomic E-state index is 12.8. The Morgan fingerprint density at radius 3 is 2.61 bits per heavy atom. The molecule has 10 nitrogen and oxygen atoms in total. The number of carbonyl (C=O) groups excluding carboxylic acids is 1. The predicted molar refractivity (Wildman–Crippen MR) is 114 cm³/mol. The molecular formula is C21H19N9O. The van der Waals surface area contributed by atoms with Gasteiger partial charge < -0.3 is 10.2 Å². The maximum absolute atomic E-state index is 12.8. The molecular weight excluding hydrogens is 394 g/mol. The smallest absolute Gasteiger partial charge is 0.253 e. The van der Waals surface area contributed by atoms with E-state index in [2.05, 4.69) is 31.9 Å². The zero-order valence-corrected chi connectivity index (χ0v) is 16.6. The molecule has 3 heterocycles. The summed E-state index contributed by atoms with van der Waals surface area (Å²) in [5.74, 6) is 0.535. The lowest BCUT2D eigenvalue weighted by Crippen LogP contribution is -2.48. The summed E-state index contributed by atoms with van der Waals surface area (Å²) in [6, 6.07) is 17.1. The summed E-state index contributed by atoms with van der Waals surface area (Å²) >= 11 is 0. The molecule has 1 N–H and O–H groups in total. The molecule has 2 aromatic heterocycles. The van der Waals surface area contributed by atoms with E-state index in [1.165, 1.54) is 0 Å². The molecule has 0 bridgehead atoms. The molecule has 0 atom stereocenters. The Bertz CT molecular complexity index is 1280. The largest absolute Gasteiger partial charge is 0.337 e. The summed E-state index contributed by atoms with van der Waals surface area (Å²) in [7, 11) is 0. The number of para-hydroxylation sites is 2. The summed E-state index contributed by atoms with van der Waals surface area (Å²) < 4.78 is 1.65. The second-order valence-corrected chi connectivity index (χ2v) is 7.29. The van der Waals surface area contributed by atoms with E-state index in [0.29, 0.717) is 36.7 Å². The Morgan fingerprint density at radius 1 is 1.06 bits per heavy atom. The quantitative estimate of drug-likeness (QED) is 0.503. The van der Waals surface area contributed by atoms with E-state index >= 15 is 0 Å². The lowest BCUT2D eigenvalue weighted by Gasteiger charge is -2.33. The molecule has 1 amide bonds. The van der Waals surface area contributed by atoms with E-state index in [4.69, 9.17) is 5.26 Å². The van der Waals surface area contributed by atoms with Gasteiger partial charge >= 0.3 is 0 Å². The standard InChI is InChI=1S/C21H19N9O/c22-9-10-28-11-13-29(14-12-28)21(31)15-5-7-16(8-6-15)23-19-20-25-26-27-30(20)18-4-2-1-3-17(18)24-19/h1-8H,10-14H2,(H,23,24). The highest BCUT2D eigenvalue weighted by molar-refractivity contribution is 5.95. The van der Waals surface area contributed by atoms with E-state index < -0.39 is 0 Å². The number of benzene rings is 2. The molecule has 2 aromatic carbocycles. The molecule has 0 saturated carbocycles. The molecule has 4 aromatic rings. The summed E-state index contributed by atoms with van der Waals surface area (Å²) in [4.78, 5) is 21.3. The summed E-state index contributed by atoms with van der Waals surface area (Å²) in [5.41, 5.74) is 3.52. The van der Waals surface area contributed by atoms with Gasteiger partial charge in [0.1, 0.15) is 0 Å². The zero-order chi connectivity index (χ0) is 21.2. The van der Waals surface area contributed by atoms with Crippen molar-refractivity contribution < 1.29 is 4.79 Å². The van der Waals surface area contributed by atoms with Crippen LogP contribution in [0.2, 0.25) is 0 Å². The van der Waals surface area contributed by atoms with Crippen molar-refractivity contribution in [3.05, 3.63) is 54.1 Å². The van der Waals surface area contributed by atoms with Gasteiger partial charge in [-0.05, 0) is 46.8 Å². The van der Waals surface area contributed by atoms with Gasteiger partial charge in [-0.15, -0.1) is 5.10 Å². The maximum Gasteiger partial charge on any atom is 0.253 e. The monoisotopic (exact) mass is 413 g/mol. The molecule has 0 unspecified atom stereocenters. The normalized spacial score (nSPS) is 14.6. The fraction of sp³-hybridized carbons (Fsp3) is 0.238. The van der Waals surface area contributed by atoms with Crippen molar-refractivity contribution in [2.45, 2.75) is 0 Å². The highest BCUT2D eigenvalue weighted by Gasteiger charge is 2.22. The van der Waals surface area contributed by atoms with Crippen LogP contribution in [0, 0.1) is 11.3 Å². The molecule has 0 aliphatic carbocycles. The minimum absolute atomic E-state index is 0.00367. The zero-order valence-electron chi connectivity index (χ0n) is 16.6. The van der Waals surface area contributed by atoms with Gasteiger partial charge in [0.15, 0.2) is 5.82 Å². The van der Waals surface area contributed by atoms with Crippen molar-refractivity contribution in [3.63, 3.8) is 0 Å². The van der Waals surface area contributed by atoms with Gasteiger partial charge in [0.05, 0.1) is 23.6 Å². The van der Waals surface area contributed by atoms with Crippen LogP contribution < -0.4 is 5.32 Å². The van der Waals surface area contributed by atoms with Crippen LogP contribution in [0.4, 0.5) is 11.5 Å². The number of amides is 1. The fourth-order valence-corrected chi connectivity index (χ4v) is 3.71. The number of piperazine rings is 1.